The Bertz CT molecular complexity index is 542. The van der Waals surface area contributed by atoms with E-state index in [2.05, 4.69) is 42.2 Å². The first-order valence-corrected chi connectivity index (χ1v) is 7.25. The molecule has 1 atom stereocenters. The molecule has 0 amide bonds. The van der Waals surface area contributed by atoms with Crippen LogP contribution >= 0.6 is 31.9 Å². The van der Waals surface area contributed by atoms with Gasteiger partial charge in [-0.15, -0.1) is 5.10 Å². The Morgan fingerprint density at radius 1 is 1.33 bits per heavy atom. The van der Waals surface area contributed by atoms with Crippen molar-refractivity contribution in [1.82, 2.24) is 15.0 Å². The van der Waals surface area contributed by atoms with Crippen LogP contribution in [0.2, 0.25) is 0 Å². The number of hydrogen-bond acceptors (Lipinski definition) is 3. The molecule has 4 nitrogen and oxygen atoms in total. The average molecular weight is 374 g/mol. The minimum Gasteiger partial charge on any atom is -0.323 e. The molecule has 18 heavy (non-hydrogen) atoms. The van der Waals surface area contributed by atoms with E-state index >= 15 is 0 Å². The van der Waals surface area contributed by atoms with E-state index in [1.165, 1.54) is 5.56 Å². The van der Waals surface area contributed by atoms with Crippen molar-refractivity contribution in [2.45, 2.75) is 26.3 Å². The summed E-state index contributed by atoms with van der Waals surface area (Å²) in [4.78, 5) is 0. The molecule has 96 valence electrons. The molecule has 1 heterocycles. The number of aromatic nitrogens is 3. The zero-order valence-corrected chi connectivity index (χ0v) is 13.4. The molecule has 1 aromatic heterocycles. The zero-order valence-electron chi connectivity index (χ0n) is 10.2. The van der Waals surface area contributed by atoms with Gasteiger partial charge in [-0.1, -0.05) is 12.1 Å². The van der Waals surface area contributed by atoms with Crippen molar-refractivity contribution in [2.75, 3.05) is 0 Å². The standard InChI is InChI=1S/C12H14Br2N4/c1-3-10(15)11-6-18(17-16-11)12-8(13)4-7(2)5-9(12)14/h4-6,10H,3,15H2,1-2H3. The Hall–Kier alpha value is -0.720. The Labute approximate surface area is 123 Å². The summed E-state index contributed by atoms with van der Waals surface area (Å²) in [6.45, 7) is 4.07. The van der Waals surface area contributed by atoms with Gasteiger partial charge in [-0.3, -0.25) is 0 Å². The van der Waals surface area contributed by atoms with Crippen LogP contribution in [0.15, 0.2) is 27.3 Å². The maximum Gasteiger partial charge on any atom is 0.0998 e. The summed E-state index contributed by atoms with van der Waals surface area (Å²) < 4.78 is 3.67. The summed E-state index contributed by atoms with van der Waals surface area (Å²) in [6.07, 6.45) is 2.71. The van der Waals surface area contributed by atoms with Crippen molar-refractivity contribution < 1.29 is 0 Å². The highest BCUT2D eigenvalue weighted by Crippen LogP contribution is 2.30. The van der Waals surface area contributed by atoms with Crippen LogP contribution in [-0.2, 0) is 0 Å². The third kappa shape index (κ3) is 2.65. The smallest absolute Gasteiger partial charge is 0.0998 e. The molecule has 0 saturated heterocycles. The van der Waals surface area contributed by atoms with Crippen LogP contribution in [-0.4, -0.2) is 15.0 Å². The lowest BCUT2D eigenvalue weighted by atomic mass is 10.2. The van der Waals surface area contributed by atoms with Crippen molar-refractivity contribution in [3.63, 3.8) is 0 Å². The van der Waals surface area contributed by atoms with Crippen molar-refractivity contribution in [3.05, 3.63) is 38.5 Å². The Balaban J connectivity index is 2.46. The lowest BCUT2D eigenvalue weighted by Crippen LogP contribution is -2.08. The quantitative estimate of drug-likeness (QED) is 0.895. The van der Waals surface area contributed by atoms with Gasteiger partial charge in [0.05, 0.1) is 23.6 Å². The molecule has 0 aliphatic heterocycles. The molecule has 0 aliphatic rings. The van der Waals surface area contributed by atoms with Gasteiger partial charge in [0.15, 0.2) is 0 Å². The van der Waals surface area contributed by atoms with Crippen LogP contribution in [0.25, 0.3) is 5.69 Å². The van der Waals surface area contributed by atoms with Gasteiger partial charge in [0, 0.05) is 8.95 Å². The topological polar surface area (TPSA) is 56.7 Å². The molecule has 1 aromatic carbocycles. The van der Waals surface area contributed by atoms with Gasteiger partial charge in [0.1, 0.15) is 0 Å². The number of aryl methyl sites for hydroxylation is 1. The van der Waals surface area contributed by atoms with Crippen LogP contribution in [0.5, 0.6) is 0 Å². The summed E-state index contributed by atoms with van der Waals surface area (Å²) in [5.74, 6) is 0. The van der Waals surface area contributed by atoms with E-state index in [4.69, 9.17) is 5.73 Å². The summed E-state index contributed by atoms with van der Waals surface area (Å²) in [6, 6.07) is 4.02. The number of hydrogen-bond donors (Lipinski definition) is 1. The highest BCUT2D eigenvalue weighted by molar-refractivity contribution is 9.11. The SMILES string of the molecule is CCC(N)c1cn(-c2c(Br)cc(C)cc2Br)nn1. The Morgan fingerprint density at radius 2 is 1.94 bits per heavy atom. The molecule has 0 radical (unpaired) electrons. The lowest BCUT2D eigenvalue weighted by Gasteiger charge is -2.08. The van der Waals surface area contributed by atoms with E-state index in [0.717, 1.165) is 26.7 Å². The van der Waals surface area contributed by atoms with Crippen molar-refractivity contribution >= 4 is 31.9 Å². The fraction of sp³-hybridized carbons (Fsp3) is 0.333. The van der Waals surface area contributed by atoms with E-state index in [1.54, 1.807) is 4.68 Å². The molecule has 2 N–H and O–H groups in total. The highest BCUT2D eigenvalue weighted by Gasteiger charge is 2.13. The van der Waals surface area contributed by atoms with E-state index in [0.29, 0.717) is 0 Å². The largest absolute Gasteiger partial charge is 0.323 e. The number of nitrogens with two attached hydrogens (primary N) is 1. The first-order valence-electron chi connectivity index (χ1n) is 5.66. The predicted octanol–water partition coefficient (Wildman–Crippen LogP) is 3.51. The van der Waals surface area contributed by atoms with E-state index in [1.807, 2.05) is 32.2 Å². The Morgan fingerprint density at radius 3 is 2.50 bits per heavy atom. The van der Waals surface area contributed by atoms with Crippen LogP contribution < -0.4 is 5.73 Å². The molecule has 0 spiro atoms. The van der Waals surface area contributed by atoms with Crippen LogP contribution in [0.4, 0.5) is 0 Å². The van der Waals surface area contributed by atoms with Crippen molar-refractivity contribution in [1.29, 1.82) is 0 Å². The minimum atomic E-state index is -0.0678. The first kappa shape index (κ1) is 13.7. The molecule has 2 aromatic rings. The fourth-order valence-corrected chi connectivity index (χ4v) is 3.45. The van der Waals surface area contributed by atoms with Crippen LogP contribution in [0, 0.1) is 6.92 Å². The van der Waals surface area contributed by atoms with Gasteiger partial charge in [-0.25, -0.2) is 4.68 Å². The normalized spacial score (nSPS) is 12.7. The van der Waals surface area contributed by atoms with Crippen LogP contribution in [0.1, 0.15) is 30.6 Å². The second-order valence-electron chi connectivity index (χ2n) is 4.18. The summed E-state index contributed by atoms with van der Waals surface area (Å²) in [5, 5.41) is 8.25. The zero-order chi connectivity index (χ0) is 13.3. The van der Waals surface area contributed by atoms with Gasteiger partial charge in [-0.2, -0.15) is 0 Å². The van der Waals surface area contributed by atoms with Gasteiger partial charge in [0.25, 0.3) is 0 Å². The molecule has 2 rings (SSSR count). The number of nitrogens with zero attached hydrogens (tertiary/aromatic N) is 3. The summed E-state index contributed by atoms with van der Waals surface area (Å²) >= 11 is 7.10. The van der Waals surface area contributed by atoms with Gasteiger partial charge in [-0.05, 0) is 62.9 Å². The third-order valence-corrected chi connectivity index (χ3v) is 3.93. The van der Waals surface area contributed by atoms with E-state index in [-0.39, 0.29) is 6.04 Å². The molecule has 0 fully saturated rings. The fourth-order valence-electron chi connectivity index (χ4n) is 1.68. The minimum absolute atomic E-state index is 0.0678. The monoisotopic (exact) mass is 372 g/mol. The van der Waals surface area contributed by atoms with Gasteiger partial charge in [0.2, 0.25) is 0 Å². The molecule has 6 heteroatoms. The van der Waals surface area contributed by atoms with Crippen molar-refractivity contribution in [2.24, 2.45) is 5.73 Å². The molecular weight excluding hydrogens is 360 g/mol. The van der Waals surface area contributed by atoms with Gasteiger partial charge >= 0.3 is 0 Å². The van der Waals surface area contributed by atoms with E-state index in [9.17, 15) is 0 Å². The van der Waals surface area contributed by atoms with E-state index < -0.39 is 0 Å². The summed E-state index contributed by atoms with van der Waals surface area (Å²) in [5.41, 5.74) is 8.85. The molecule has 0 bridgehead atoms. The maximum atomic E-state index is 5.95. The second kappa shape index (κ2) is 5.50. The molecule has 0 saturated carbocycles. The highest BCUT2D eigenvalue weighted by atomic mass is 79.9. The summed E-state index contributed by atoms with van der Waals surface area (Å²) in [7, 11) is 0. The predicted molar refractivity (Wildman–Crippen MR) is 78.7 cm³/mol. The van der Waals surface area contributed by atoms with Crippen LogP contribution in [0.3, 0.4) is 0 Å². The van der Waals surface area contributed by atoms with Gasteiger partial charge < -0.3 is 5.73 Å². The molecule has 1 unspecified atom stereocenters. The lowest BCUT2D eigenvalue weighted by molar-refractivity contribution is 0.670. The number of halogens is 2. The maximum absolute atomic E-state index is 5.95. The second-order valence-corrected chi connectivity index (χ2v) is 5.89. The first-order chi connectivity index (χ1) is 8.52. The number of benzene rings is 1. The average Bonchev–Trinajstić information content (AvgIpc) is 2.76. The van der Waals surface area contributed by atoms with Crippen molar-refractivity contribution in [3.8, 4) is 5.69 Å². The molecule has 0 aliphatic carbocycles. The molecular formula is C12H14Br2N4. The Kier molecular flexibility index (Phi) is 4.19. The number of rotatable bonds is 3. The third-order valence-electron chi connectivity index (χ3n) is 2.72.